The number of benzene rings is 2. The molecular weight excluding hydrogens is 451 g/mol. The van der Waals surface area contributed by atoms with Crippen molar-refractivity contribution in [3.05, 3.63) is 101 Å². The molecule has 0 saturated carbocycles. The first-order chi connectivity index (χ1) is 16.3. The van der Waals surface area contributed by atoms with Gasteiger partial charge in [0, 0.05) is 6.20 Å². The number of halogens is 3. The Morgan fingerprint density at radius 3 is 2.38 bits per heavy atom. The first kappa shape index (κ1) is 22.8. The van der Waals surface area contributed by atoms with Gasteiger partial charge in [-0.2, -0.15) is 0 Å². The van der Waals surface area contributed by atoms with Crippen molar-refractivity contribution in [2.45, 2.75) is 19.6 Å². The van der Waals surface area contributed by atoms with Crippen LogP contribution in [0.4, 0.5) is 13.2 Å². The van der Waals surface area contributed by atoms with Crippen LogP contribution in [-0.2, 0) is 11.4 Å². The molecule has 0 bridgehead atoms. The molecule has 0 aliphatic heterocycles. The van der Waals surface area contributed by atoms with Crippen molar-refractivity contribution in [1.29, 1.82) is 0 Å². The van der Waals surface area contributed by atoms with Crippen LogP contribution in [0.3, 0.4) is 0 Å². The third-order valence-electron chi connectivity index (χ3n) is 5.16. The molecule has 2 aromatic carbocycles. The number of carbonyl (C=O) groups is 2. The van der Waals surface area contributed by atoms with Crippen LogP contribution >= 0.6 is 0 Å². The van der Waals surface area contributed by atoms with Crippen molar-refractivity contribution in [3.8, 4) is 5.75 Å². The van der Waals surface area contributed by atoms with Crippen molar-refractivity contribution in [1.82, 2.24) is 14.7 Å². The van der Waals surface area contributed by atoms with Crippen LogP contribution in [0.25, 0.3) is 5.65 Å². The topological polar surface area (TPSA) is 92.9 Å². The molecule has 0 saturated heterocycles. The summed E-state index contributed by atoms with van der Waals surface area (Å²) in [5.41, 5.74) is 0.453. The van der Waals surface area contributed by atoms with Crippen LogP contribution in [0.15, 0.2) is 60.8 Å². The highest BCUT2D eigenvalue weighted by molar-refractivity contribution is 5.97. The maximum atomic E-state index is 13.9. The zero-order valence-corrected chi connectivity index (χ0v) is 17.8. The van der Waals surface area contributed by atoms with Crippen LogP contribution in [-0.4, -0.2) is 26.4 Å². The van der Waals surface area contributed by atoms with E-state index in [9.17, 15) is 27.9 Å². The van der Waals surface area contributed by atoms with Gasteiger partial charge in [0.1, 0.15) is 29.8 Å². The Morgan fingerprint density at radius 1 is 1.06 bits per heavy atom. The fraction of sp³-hybridized carbons (Fsp3) is 0.125. The summed E-state index contributed by atoms with van der Waals surface area (Å²) in [6, 6.07) is 9.85. The summed E-state index contributed by atoms with van der Waals surface area (Å²) < 4.78 is 48.1. The van der Waals surface area contributed by atoms with E-state index < -0.39 is 42.0 Å². The number of ether oxygens (including phenoxy) is 1. The van der Waals surface area contributed by atoms with Gasteiger partial charge < -0.3 is 15.2 Å². The number of carboxylic acid groups (broad SMARTS) is 1. The molecule has 0 fully saturated rings. The van der Waals surface area contributed by atoms with E-state index in [1.165, 1.54) is 34.9 Å². The fourth-order valence-electron chi connectivity index (χ4n) is 3.50. The molecule has 0 spiro atoms. The molecule has 4 aromatic rings. The Labute approximate surface area is 191 Å². The lowest BCUT2D eigenvalue weighted by atomic mass is 10.1. The van der Waals surface area contributed by atoms with Gasteiger partial charge in [0.05, 0.1) is 11.3 Å². The molecular formula is C24H18F3N3O4. The summed E-state index contributed by atoms with van der Waals surface area (Å²) in [5.74, 6) is -3.96. The first-order valence-electron chi connectivity index (χ1n) is 10.1. The molecule has 2 heterocycles. The molecule has 7 nitrogen and oxygen atoms in total. The lowest BCUT2D eigenvalue weighted by molar-refractivity contribution is -0.139. The smallest absolute Gasteiger partial charge is 0.330 e. The molecule has 1 unspecified atom stereocenters. The van der Waals surface area contributed by atoms with Crippen LogP contribution in [0.2, 0.25) is 0 Å². The van der Waals surface area contributed by atoms with Crippen molar-refractivity contribution in [2.24, 2.45) is 0 Å². The minimum Gasteiger partial charge on any atom is -0.485 e. The first-order valence-corrected chi connectivity index (χ1v) is 10.1. The van der Waals surface area contributed by atoms with Crippen LogP contribution in [0, 0.1) is 24.4 Å². The number of amides is 1. The van der Waals surface area contributed by atoms with Gasteiger partial charge in [0.15, 0.2) is 17.4 Å². The number of hydrogen-bond donors (Lipinski definition) is 2. The lowest BCUT2D eigenvalue weighted by Gasteiger charge is -2.15. The summed E-state index contributed by atoms with van der Waals surface area (Å²) in [6.45, 7) is 1.15. The van der Waals surface area contributed by atoms with E-state index >= 15 is 0 Å². The average Bonchev–Trinajstić information content (AvgIpc) is 3.14. The molecule has 1 amide bonds. The van der Waals surface area contributed by atoms with Gasteiger partial charge >= 0.3 is 5.97 Å². The summed E-state index contributed by atoms with van der Waals surface area (Å²) in [6.07, 6.45) is 1.52. The van der Waals surface area contributed by atoms with E-state index in [2.05, 4.69) is 10.3 Å². The summed E-state index contributed by atoms with van der Waals surface area (Å²) in [7, 11) is 0. The molecule has 0 aliphatic carbocycles. The largest absolute Gasteiger partial charge is 0.485 e. The SMILES string of the molecule is Cc1nc2c(OCc3c(F)cccc3F)cccn2c1C(=O)NC(C(=O)O)c1ccc(F)cc1. The Kier molecular flexibility index (Phi) is 6.22. The van der Waals surface area contributed by atoms with Gasteiger partial charge in [-0.15, -0.1) is 0 Å². The van der Waals surface area contributed by atoms with E-state index in [0.717, 1.165) is 24.3 Å². The second-order valence-electron chi connectivity index (χ2n) is 7.40. The fourth-order valence-corrected chi connectivity index (χ4v) is 3.50. The van der Waals surface area contributed by atoms with Crippen LogP contribution in [0.5, 0.6) is 5.75 Å². The van der Waals surface area contributed by atoms with E-state index in [4.69, 9.17) is 4.74 Å². The number of rotatable bonds is 7. The van der Waals surface area contributed by atoms with Gasteiger partial charge in [0.25, 0.3) is 5.91 Å². The zero-order valence-electron chi connectivity index (χ0n) is 17.8. The third-order valence-corrected chi connectivity index (χ3v) is 5.16. The highest BCUT2D eigenvalue weighted by atomic mass is 19.1. The Bertz CT molecular complexity index is 1370. The van der Waals surface area contributed by atoms with Crippen molar-refractivity contribution in [3.63, 3.8) is 0 Å². The average molecular weight is 469 g/mol. The number of fused-ring (bicyclic) bond motifs is 1. The van der Waals surface area contributed by atoms with E-state index in [0.29, 0.717) is 0 Å². The molecule has 0 radical (unpaired) electrons. The number of nitrogens with zero attached hydrogens (tertiary/aromatic N) is 2. The number of carboxylic acids is 1. The van der Waals surface area contributed by atoms with E-state index in [1.807, 2.05) is 0 Å². The monoisotopic (exact) mass is 469 g/mol. The van der Waals surface area contributed by atoms with Gasteiger partial charge in [0.2, 0.25) is 0 Å². The summed E-state index contributed by atoms with van der Waals surface area (Å²) in [5, 5.41) is 12.0. The summed E-state index contributed by atoms with van der Waals surface area (Å²) in [4.78, 5) is 29.1. The molecule has 174 valence electrons. The number of hydrogen-bond acceptors (Lipinski definition) is 4. The molecule has 10 heteroatoms. The van der Waals surface area contributed by atoms with Crippen LogP contribution in [0.1, 0.15) is 33.4 Å². The third kappa shape index (κ3) is 4.42. The zero-order chi connectivity index (χ0) is 24.4. The Hall–Kier alpha value is -4.34. The minimum atomic E-state index is -1.43. The standard InChI is InChI=1S/C24H18F3N3O4/c1-13-21(23(31)29-20(24(32)33)14-7-9-15(25)10-8-14)30-11-3-6-19(22(30)28-13)34-12-16-17(26)4-2-5-18(16)27/h2-11,20H,12H2,1H3,(H,29,31)(H,32,33). The van der Waals surface area contributed by atoms with Crippen molar-refractivity contribution >= 4 is 17.5 Å². The number of imidazole rings is 1. The Morgan fingerprint density at radius 2 is 1.74 bits per heavy atom. The minimum absolute atomic E-state index is 0.0471. The van der Waals surface area contributed by atoms with Crippen molar-refractivity contribution in [2.75, 3.05) is 0 Å². The molecule has 4 rings (SSSR count). The van der Waals surface area contributed by atoms with E-state index in [-0.39, 0.29) is 33.9 Å². The number of aromatic nitrogens is 2. The molecule has 1 atom stereocenters. The summed E-state index contributed by atoms with van der Waals surface area (Å²) >= 11 is 0. The van der Waals surface area contributed by atoms with Crippen molar-refractivity contribution < 1.29 is 32.6 Å². The predicted molar refractivity (Wildman–Crippen MR) is 115 cm³/mol. The normalized spacial score (nSPS) is 11.9. The van der Waals surface area contributed by atoms with Gasteiger partial charge in [-0.1, -0.05) is 18.2 Å². The van der Waals surface area contributed by atoms with Gasteiger partial charge in [-0.05, 0) is 48.9 Å². The number of carbonyl (C=O) groups excluding carboxylic acids is 1. The van der Waals surface area contributed by atoms with E-state index in [1.54, 1.807) is 13.0 Å². The number of pyridine rings is 1. The molecule has 2 aromatic heterocycles. The second kappa shape index (κ2) is 9.26. The molecule has 2 N–H and O–H groups in total. The van der Waals surface area contributed by atoms with Crippen LogP contribution < -0.4 is 10.1 Å². The number of nitrogens with one attached hydrogen (secondary N) is 1. The highest BCUT2D eigenvalue weighted by Crippen LogP contribution is 2.25. The quantitative estimate of drug-likeness (QED) is 0.423. The highest BCUT2D eigenvalue weighted by Gasteiger charge is 2.26. The number of aryl methyl sites for hydroxylation is 1. The second-order valence-corrected chi connectivity index (χ2v) is 7.40. The predicted octanol–water partition coefficient (Wildman–Crippen LogP) is 4.19. The maximum Gasteiger partial charge on any atom is 0.330 e. The molecule has 34 heavy (non-hydrogen) atoms. The Balaban J connectivity index is 1.63. The molecule has 0 aliphatic rings. The maximum absolute atomic E-state index is 13.9. The number of aliphatic carboxylic acids is 1. The van der Waals surface area contributed by atoms with Gasteiger partial charge in [-0.3, -0.25) is 9.20 Å². The lowest BCUT2D eigenvalue weighted by Crippen LogP contribution is -2.34. The van der Waals surface area contributed by atoms with Gasteiger partial charge in [-0.25, -0.2) is 22.9 Å².